The second-order valence-corrected chi connectivity index (χ2v) is 4.09. The smallest absolute Gasteiger partial charge is 0.321 e. The molecule has 0 aliphatic rings. The van der Waals surface area contributed by atoms with Gasteiger partial charge in [-0.05, 0) is 26.2 Å². The monoisotopic (exact) mass is 217 g/mol. The van der Waals surface area contributed by atoms with E-state index in [-0.39, 0.29) is 12.5 Å². The molecule has 0 unspecified atom stereocenters. The number of carbonyl (C=O) groups is 2. The number of hydrogen-bond acceptors (Lipinski definition) is 4. The molecule has 2 N–H and O–H groups in total. The SMILES string of the molecule is CCOC(=O)[C@](C)(CC(C)C)C(=O)NO. The van der Waals surface area contributed by atoms with Gasteiger partial charge < -0.3 is 4.74 Å². The molecule has 0 heterocycles. The van der Waals surface area contributed by atoms with Crippen molar-refractivity contribution in [2.45, 2.75) is 34.1 Å². The van der Waals surface area contributed by atoms with Crippen LogP contribution in [0.3, 0.4) is 0 Å². The zero-order valence-corrected chi connectivity index (χ0v) is 9.66. The van der Waals surface area contributed by atoms with E-state index >= 15 is 0 Å². The summed E-state index contributed by atoms with van der Waals surface area (Å²) >= 11 is 0. The van der Waals surface area contributed by atoms with Crippen LogP contribution in [0.15, 0.2) is 0 Å². The van der Waals surface area contributed by atoms with E-state index in [4.69, 9.17) is 9.94 Å². The van der Waals surface area contributed by atoms with Crippen molar-refractivity contribution in [1.82, 2.24) is 5.48 Å². The van der Waals surface area contributed by atoms with Crippen LogP contribution >= 0.6 is 0 Å². The van der Waals surface area contributed by atoms with E-state index in [1.807, 2.05) is 13.8 Å². The van der Waals surface area contributed by atoms with Gasteiger partial charge in [-0.3, -0.25) is 14.8 Å². The van der Waals surface area contributed by atoms with Crippen LogP contribution in [-0.4, -0.2) is 23.7 Å². The summed E-state index contributed by atoms with van der Waals surface area (Å²) in [5, 5.41) is 8.59. The van der Waals surface area contributed by atoms with E-state index in [0.717, 1.165) is 0 Å². The minimum absolute atomic E-state index is 0.150. The average Bonchev–Trinajstić information content (AvgIpc) is 2.15. The number of esters is 1. The summed E-state index contributed by atoms with van der Waals surface area (Å²) in [5.74, 6) is -1.18. The van der Waals surface area contributed by atoms with E-state index in [2.05, 4.69) is 0 Å². The van der Waals surface area contributed by atoms with Crippen molar-refractivity contribution < 1.29 is 19.5 Å². The van der Waals surface area contributed by atoms with Crippen LogP contribution in [0.25, 0.3) is 0 Å². The van der Waals surface area contributed by atoms with Gasteiger partial charge >= 0.3 is 5.97 Å². The highest BCUT2D eigenvalue weighted by Crippen LogP contribution is 2.28. The lowest BCUT2D eigenvalue weighted by molar-refractivity contribution is -0.164. The van der Waals surface area contributed by atoms with Gasteiger partial charge in [-0.15, -0.1) is 0 Å². The minimum atomic E-state index is -1.32. The van der Waals surface area contributed by atoms with Crippen LogP contribution in [0.2, 0.25) is 0 Å². The molecule has 0 radical (unpaired) electrons. The van der Waals surface area contributed by atoms with E-state index in [1.54, 1.807) is 6.92 Å². The van der Waals surface area contributed by atoms with E-state index in [1.165, 1.54) is 12.4 Å². The van der Waals surface area contributed by atoms with Crippen molar-refractivity contribution in [3.63, 3.8) is 0 Å². The maximum Gasteiger partial charge on any atom is 0.321 e. The Bertz CT molecular complexity index is 240. The van der Waals surface area contributed by atoms with Gasteiger partial charge in [-0.25, -0.2) is 5.48 Å². The van der Waals surface area contributed by atoms with Gasteiger partial charge in [-0.1, -0.05) is 13.8 Å². The molecule has 0 rings (SSSR count). The average molecular weight is 217 g/mol. The molecule has 0 fully saturated rings. The second-order valence-electron chi connectivity index (χ2n) is 4.09. The van der Waals surface area contributed by atoms with Crippen LogP contribution in [0.4, 0.5) is 0 Å². The Morgan fingerprint density at radius 1 is 1.47 bits per heavy atom. The van der Waals surface area contributed by atoms with Gasteiger partial charge in [0.15, 0.2) is 0 Å². The molecule has 0 aromatic rings. The number of hydroxylamine groups is 1. The third kappa shape index (κ3) is 3.51. The molecule has 1 atom stereocenters. The molecule has 0 aliphatic carbocycles. The zero-order chi connectivity index (χ0) is 12.1. The Hall–Kier alpha value is -1.10. The molecule has 15 heavy (non-hydrogen) atoms. The highest BCUT2D eigenvalue weighted by Gasteiger charge is 2.43. The maximum atomic E-state index is 11.6. The number of rotatable bonds is 5. The van der Waals surface area contributed by atoms with Crippen LogP contribution in [0.5, 0.6) is 0 Å². The number of hydrogen-bond donors (Lipinski definition) is 2. The third-order valence-electron chi connectivity index (χ3n) is 2.15. The minimum Gasteiger partial charge on any atom is -0.465 e. The molecule has 5 heteroatoms. The van der Waals surface area contributed by atoms with Crippen LogP contribution < -0.4 is 5.48 Å². The first-order valence-corrected chi connectivity index (χ1v) is 5.00. The van der Waals surface area contributed by atoms with Crippen LogP contribution in [0, 0.1) is 11.3 Å². The molecule has 0 aliphatic heterocycles. The zero-order valence-electron chi connectivity index (χ0n) is 9.66. The summed E-state index contributed by atoms with van der Waals surface area (Å²) in [6, 6.07) is 0. The molecular weight excluding hydrogens is 198 g/mol. The normalized spacial score (nSPS) is 14.5. The Balaban J connectivity index is 4.84. The molecule has 0 saturated heterocycles. The number of ether oxygens (including phenoxy) is 1. The quantitative estimate of drug-likeness (QED) is 0.313. The lowest BCUT2D eigenvalue weighted by Crippen LogP contribution is -2.45. The molecular formula is C10H19NO4. The van der Waals surface area contributed by atoms with Gasteiger partial charge in [0.05, 0.1) is 6.61 Å². The van der Waals surface area contributed by atoms with Crippen molar-refractivity contribution >= 4 is 11.9 Å². The maximum absolute atomic E-state index is 11.6. The molecule has 0 spiro atoms. The van der Waals surface area contributed by atoms with Gasteiger partial charge in [0.1, 0.15) is 5.41 Å². The van der Waals surface area contributed by atoms with Gasteiger partial charge in [0.2, 0.25) is 0 Å². The molecule has 1 amide bonds. The van der Waals surface area contributed by atoms with Crippen molar-refractivity contribution in [3.8, 4) is 0 Å². The summed E-state index contributed by atoms with van der Waals surface area (Å²) in [7, 11) is 0. The Morgan fingerprint density at radius 3 is 2.33 bits per heavy atom. The fourth-order valence-electron chi connectivity index (χ4n) is 1.50. The standard InChI is InChI=1S/C10H19NO4/c1-5-15-9(13)10(4,6-7(2)3)8(12)11-14/h7,14H,5-6H2,1-4H3,(H,11,12)/t10-/m1/s1. The molecule has 0 bridgehead atoms. The molecule has 5 nitrogen and oxygen atoms in total. The predicted octanol–water partition coefficient (Wildman–Crippen LogP) is 1.11. The van der Waals surface area contributed by atoms with Crippen molar-refractivity contribution in [2.24, 2.45) is 11.3 Å². The number of amides is 1. The Morgan fingerprint density at radius 2 is 2.00 bits per heavy atom. The summed E-state index contributed by atoms with van der Waals surface area (Å²) < 4.78 is 4.82. The number of carbonyl (C=O) groups excluding carboxylic acids is 2. The van der Waals surface area contributed by atoms with Crippen LogP contribution in [0.1, 0.15) is 34.1 Å². The Kier molecular flexibility index (Phi) is 5.28. The largest absolute Gasteiger partial charge is 0.465 e. The van der Waals surface area contributed by atoms with Crippen molar-refractivity contribution in [1.29, 1.82) is 0 Å². The second kappa shape index (κ2) is 5.70. The molecule has 88 valence electrons. The van der Waals surface area contributed by atoms with E-state index < -0.39 is 17.3 Å². The van der Waals surface area contributed by atoms with E-state index in [0.29, 0.717) is 6.42 Å². The third-order valence-corrected chi connectivity index (χ3v) is 2.15. The first kappa shape index (κ1) is 13.9. The van der Waals surface area contributed by atoms with Gasteiger partial charge in [0.25, 0.3) is 5.91 Å². The summed E-state index contributed by atoms with van der Waals surface area (Å²) in [4.78, 5) is 23.0. The van der Waals surface area contributed by atoms with Crippen LogP contribution in [-0.2, 0) is 14.3 Å². The van der Waals surface area contributed by atoms with Gasteiger partial charge in [-0.2, -0.15) is 0 Å². The summed E-state index contributed by atoms with van der Waals surface area (Å²) in [5.41, 5.74) is 0.190. The fraction of sp³-hybridized carbons (Fsp3) is 0.800. The summed E-state index contributed by atoms with van der Waals surface area (Å²) in [6.07, 6.45) is 0.332. The fourth-order valence-corrected chi connectivity index (χ4v) is 1.50. The van der Waals surface area contributed by atoms with Gasteiger partial charge in [0, 0.05) is 0 Å². The first-order chi connectivity index (χ1) is 6.88. The van der Waals surface area contributed by atoms with Crippen molar-refractivity contribution in [2.75, 3.05) is 6.61 Å². The Labute approximate surface area is 89.8 Å². The van der Waals surface area contributed by atoms with E-state index in [9.17, 15) is 9.59 Å². The topological polar surface area (TPSA) is 75.6 Å². The molecule has 0 aromatic heterocycles. The molecule has 0 aromatic carbocycles. The highest BCUT2D eigenvalue weighted by molar-refractivity contribution is 6.01. The summed E-state index contributed by atoms with van der Waals surface area (Å²) in [6.45, 7) is 7.14. The lowest BCUT2D eigenvalue weighted by Gasteiger charge is -2.26. The lowest BCUT2D eigenvalue weighted by atomic mass is 9.81. The highest BCUT2D eigenvalue weighted by atomic mass is 16.5. The molecule has 0 saturated carbocycles. The first-order valence-electron chi connectivity index (χ1n) is 5.00. The predicted molar refractivity (Wildman–Crippen MR) is 54.1 cm³/mol. The van der Waals surface area contributed by atoms with Crippen molar-refractivity contribution in [3.05, 3.63) is 0 Å². The number of nitrogens with one attached hydrogen (secondary N) is 1.